The summed E-state index contributed by atoms with van der Waals surface area (Å²) in [5.41, 5.74) is 16.3. The molecule has 35 heteroatoms. The minimum Gasteiger partial charge on any atom is -0.467 e. The number of nitrogens with zero attached hydrogens (tertiary/aromatic N) is 20. The van der Waals surface area contributed by atoms with Gasteiger partial charge in [0.05, 0.1) is 68.1 Å². The number of hydrogen-bond acceptors (Lipinski definition) is 24. The number of halogens is 6. The van der Waals surface area contributed by atoms with Crippen LogP contribution >= 0.6 is 108 Å². The summed E-state index contributed by atoms with van der Waals surface area (Å²) in [6.07, 6.45) is 6.25. The maximum atomic E-state index is 13.2. The summed E-state index contributed by atoms with van der Waals surface area (Å²) >= 11 is 30.3. The van der Waals surface area contributed by atoms with Crippen molar-refractivity contribution >= 4 is 224 Å². The number of thiazole rings is 2. The molecule has 0 aliphatic carbocycles. The Morgan fingerprint density at radius 3 is 1.21 bits per heavy atom. The van der Waals surface area contributed by atoms with E-state index in [1.165, 1.54) is 86.6 Å². The third kappa shape index (κ3) is 24.2. The van der Waals surface area contributed by atoms with Crippen LogP contribution in [-0.2, 0) is 56.7 Å². The van der Waals surface area contributed by atoms with Gasteiger partial charge in [-0.05, 0) is 203 Å². The second kappa shape index (κ2) is 44.7. The van der Waals surface area contributed by atoms with Gasteiger partial charge in [-0.25, -0.2) is 34.5 Å². The van der Waals surface area contributed by atoms with Crippen molar-refractivity contribution in [3.63, 3.8) is 0 Å². The molecule has 0 N–H and O–H groups in total. The molecule has 13 heterocycles. The first kappa shape index (κ1) is 102. The van der Waals surface area contributed by atoms with Crippen LogP contribution in [0.3, 0.4) is 0 Å². The molecular weight excluding hydrogens is 2070 g/mol. The fraction of sp³-hybridized carbons (Fsp3) is 0.464. The summed E-state index contributed by atoms with van der Waals surface area (Å²) in [4.78, 5) is 68.9. The molecule has 0 amide bonds. The molecule has 3 aliphatic rings. The van der Waals surface area contributed by atoms with Gasteiger partial charge < -0.3 is 38.5 Å². The number of carbonyl (C=O) groups excluding carboxylic acids is 2. The summed E-state index contributed by atoms with van der Waals surface area (Å²) in [7, 11) is 17.1. The molecule has 3 fully saturated rings. The molecule has 3 aliphatic heterocycles. The number of unbranched alkanes of at least 4 members (excludes halogenated alkanes) is 3. The van der Waals surface area contributed by atoms with Crippen molar-refractivity contribution < 1.29 is 28.5 Å². The number of benzene rings is 4. The van der Waals surface area contributed by atoms with E-state index in [4.69, 9.17) is 90.5 Å². The Hall–Kier alpha value is -7.55. The average Bonchev–Trinajstić information content (AvgIpc) is 1.54. The van der Waals surface area contributed by atoms with Crippen molar-refractivity contribution in [2.24, 2.45) is 28.2 Å². The summed E-state index contributed by atoms with van der Waals surface area (Å²) < 4.78 is 40.0. The van der Waals surface area contributed by atoms with E-state index in [-0.39, 0.29) is 0 Å². The first-order chi connectivity index (χ1) is 62.9. The number of pyridine rings is 4. The minimum atomic E-state index is -2.53. The Bertz CT molecular complexity index is 6350. The number of ether oxygens (including phenoxy) is 4. The minimum absolute atomic E-state index is 0.434. The second-order valence-electron chi connectivity index (χ2n) is 36.3. The van der Waals surface area contributed by atoms with Gasteiger partial charge in [0.15, 0.2) is 27.8 Å². The number of anilines is 3. The van der Waals surface area contributed by atoms with Crippen LogP contribution in [0.2, 0.25) is 33.7 Å². The van der Waals surface area contributed by atoms with E-state index in [1.54, 1.807) is 28.2 Å². The van der Waals surface area contributed by atoms with Crippen molar-refractivity contribution in [2.45, 2.75) is 151 Å². The van der Waals surface area contributed by atoms with Crippen LogP contribution in [0.5, 0.6) is 0 Å². The van der Waals surface area contributed by atoms with Gasteiger partial charge in [0.25, 0.3) is 0 Å². The van der Waals surface area contributed by atoms with Crippen LogP contribution in [0, 0.1) is 17.5 Å². The molecule has 14 aromatic rings. The Labute approximate surface area is 828 Å². The zero-order valence-electron chi connectivity index (χ0n) is 79.4. The van der Waals surface area contributed by atoms with Crippen LogP contribution in [0.4, 0.5) is 17.5 Å². The first-order valence-corrected chi connectivity index (χ1v) is 57.6. The number of piperazine rings is 3. The second-order valence-corrected chi connectivity index (χ2v) is 55.3. The van der Waals surface area contributed by atoms with Gasteiger partial charge in [0.1, 0.15) is 35.6 Å². The Kier molecular flexibility index (Phi) is 34.5. The summed E-state index contributed by atoms with van der Waals surface area (Å²) in [5, 5.41) is 21.7. The fourth-order valence-corrected chi connectivity index (χ4v) is 36.5. The van der Waals surface area contributed by atoms with Crippen molar-refractivity contribution in [1.29, 1.82) is 0 Å². The van der Waals surface area contributed by atoms with Gasteiger partial charge in [-0.2, -0.15) is 15.3 Å². The summed E-state index contributed by atoms with van der Waals surface area (Å²) in [5.74, 6) is 2.07. The van der Waals surface area contributed by atoms with Crippen molar-refractivity contribution in [3.8, 4) is 33.0 Å². The zero-order chi connectivity index (χ0) is 94.9. The fourth-order valence-electron chi connectivity index (χ4n) is 17.2. The van der Waals surface area contributed by atoms with Gasteiger partial charge in [0.2, 0.25) is 0 Å². The molecular formula is C97H122BrCl4IN20O6S2Sn. The van der Waals surface area contributed by atoms with E-state index in [9.17, 15) is 9.59 Å². The van der Waals surface area contributed by atoms with Gasteiger partial charge in [-0.3, -0.25) is 14.0 Å². The van der Waals surface area contributed by atoms with Crippen molar-refractivity contribution in [1.82, 2.24) is 83.7 Å². The first-order valence-electron chi connectivity index (χ1n) is 45.1. The van der Waals surface area contributed by atoms with E-state index in [1.807, 2.05) is 169 Å². The molecule has 704 valence electrons. The standard InChI is InChI=1S/C33H37ClN6O3S.C21H21BrClNO3S.C12H16ClN5.C12H16N5.C7H5ClIN3.3C4H9.Sn/c1-19-18-23-29(26(20-8-10-21(34)11-9-20)25(19)28(32(41)42-7)43-33(2,3)4)44-31(36-23)22-12-13-24-27(35-22)30(37-39(24)6)40-16-14-38(5)15-17-40;1-11-10-14-18(28-20(22)24-14)16(12-6-8-13(23)9-7-12)15(11)17(19(25)26-5)27-21(2,3)4;1-16-5-7-18(8-6-16)12-11-9(17(2)15-12)3-4-10(13)14-11;1-15-6-8-17(9-7-15)12-11-10(16(2)14-12)4-3-5-13-11;1-12-4-2-3-5(8)10-6(4)7(9)11-12;3*1-3-4-2;/h8-13,18,28H,14-17H2,1-7H3;6-10,17H,1-5H3;3-4H,5-8H2,1-2H3;3-4H,6-9H2,1-2H3;2-3H,1H3;3*1,3-4H2,2H3;/t28-;17-;;;;;;;/m00......./s1. The van der Waals surface area contributed by atoms with Crippen LogP contribution in [0.25, 0.3) is 97.5 Å². The Morgan fingerprint density at radius 1 is 0.455 bits per heavy atom. The van der Waals surface area contributed by atoms with E-state index >= 15 is 0 Å². The molecule has 132 heavy (non-hydrogen) atoms. The van der Waals surface area contributed by atoms with E-state index in [0.29, 0.717) is 20.4 Å². The van der Waals surface area contributed by atoms with Crippen LogP contribution < -0.4 is 18.4 Å². The van der Waals surface area contributed by atoms with Gasteiger partial charge in [-0.15, -0.1) is 22.7 Å². The molecule has 0 saturated carbocycles. The van der Waals surface area contributed by atoms with Crippen LogP contribution in [0.15, 0.2) is 113 Å². The smallest absolute Gasteiger partial charge is 0.339 e. The quantitative estimate of drug-likeness (QED) is 0.0265. The third-order valence-electron chi connectivity index (χ3n) is 24.2. The molecule has 0 bridgehead atoms. The molecule has 3 saturated heterocycles. The molecule has 17 rings (SSSR count). The summed E-state index contributed by atoms with van der Waals surface area (Å²) in [6.45, 7) is 34.7. The van der Waals surface area contributed by atoms with Gasteiger partial charge in [-0.1, -0.05) is 70.7 Å². The largest absolute Gasteiger partial charge is 0.467 e. The average molecular weight is 2200 g/mol. The normalized spacial score (nSPS) is 14.9. The Balaban J connectivity index is 0.000000148. The monoisotopic (exact) mass is 2190 g/mol. The van der Waals surface area contributed by atoms with E-state index < -0.39 is 53.7 Å². The molecule has 0 unspecified atom stereocenters. The van der Waals surface area contributed by atoms with E-state index in [2.05, 4.69) is 160 Å². The molecule has 26 nitrogen and oxygen atoms in total. The maximum Gasteiger partial charge on any atom is 0.339 e. The number of esters is 2. The van der Waals surface area contributed by atoms with Crippen molar-refractivity contribution in [2.75, 3.05) is 129 Å². The number of aromatic nitrogens is 14. The zero-order valence-corrected chi connectivity index (χ0v) is 90.6. The predicted molar refractivity (Wildman–Crippen MR) is 558 cm³/mol. The maximum absolute atomic E-state index is 13.2. The molecule has 2 atom stereocenters. The Morgan fingerprint density at radius 2 is 0.811 bits per heavy atom. The number of aryl methyl sites for hydroxylation is 6. The number of likely N-dealkylation sites (N-methyl/N-ethyl adjacent to an activating group) is 3. The molecule has 4 aromatic carbocycles. The molecule has 10 aromatic heterocycles. The number of hydrogen-bond donors (Lipinski definition) is 0. The van der Waals surface area contributed by atoms with Crippen molar-refractivity contribution in [3.05, 3.63) is 159 Å². The number of methoxy groups -OCH3 is 2. The van der Waals surface area contributed by atoms with Crippen LogP contribution in [0.1, 0.15) is 135 Å². The van der Waals surface area contributed by atoms with Gasteiger partial charge >= 0.3 is 200 Å². The predicted octanol–water partition coefficient (Wildman–Crippen LogP) is 21.7. The molecule has 0 radical (unpaired) electrons. The SMILES string of the molecule is CCC[CH2][Sn]([CH2]CCC)([CH2]CCC)[c]1ccc2c(n1)c(N1CCN(C)CC1)nn2C.CN1CCN(c2nn(C)c3ccc(Cl)nc23)CC1.COC(=O)[C@@H](OC(C)(C)C)c1c(C)cc2nc(-c3ccc4c(n3)c(N3CCN(C)CC3)nn4C)sc2c1-c1ccc(Cl)cc1.COC(=O)[C@@H](OC(C)(C)C)c1c(C)cc2nc(Br)sc2c1-c1ccc(Cl)cc1.Cn1nc(I)c2nc(Cl)ccc21. The number of carbonyl (C=O) groups is 2. The van der Waals surface area contributed by atoms with Gasteiger partial charge in [0, 0.05) is 106 Å². The number of rotatable bonds is 22. The topological polar surface area (TPSA) is 239 Å². The summed E-state index contributed by atoms with van der Waals surface area (Å²) in [6, 6.07) is 35.5. The number of fused-ring (bicyclic) bond motifs is 6. The molecule has 0 spiro atoms. The third-order valence-corrected chi connectivity index (χ3v) is 43.6. The van der Waals surface area contributed by atoms with E-state index in [0.717, 1.165) is 218 Å². The van der Waals surface area contributed by atoms with Crippen LogP contribution in [-0.4, -0.2) is 239 Å².